The molecule has 0 radical (unpaired) electrons. The van der Waals surface area contributed by atoms with Gasteiger partial charge in [0.25, 0.3) is 5.91 Å². The number of hydrazone groups is 1. The van der Waals surface area contributed by atoms with E-state index in [0.29, 0.717) is 33.8 Å². The van der Waals surface area contributed by atoms with Crippen molar-refractivity contribution in [3.8, 4) is 11.5 Å². The van der Waals surface area contributed by atoms with Crippen LogP contribution in [0, 0.1) is 6.92 Å². The number of furan rings is 1. The second kappa shape index (κ2) is 9.60. The summed E-state index contributed by atoms with van der Waals surface area (Å²) in [6.45, 7) is 3.44. The average molecular weight is 410 g/mol. The van der Waals surface area contributed by atoms with Crippen molar-refractivity contribution in [2.75, 3.05) is 20.3 Å². The van der Waals surface area contributed by atoms with Gasteiger partial charge >= 0.3 is 5.97 Å². The van der Waals surface area contributed by atoms with E-state index in [1.807, 2.05) is 18.2 Å². The number of fused-ring (bicyclic) bond motifs is 1. The number of hydrogen-bond donors (Lipinski definition) is 1. The lowest BCUT2D eigenvalue weighted by molar-refractivity contribution is -0.123. The highest BCUT2D eigenvalue weighted by Crippen LogP contribution is 2.29. The van der Waals surface area contributed by atoms with Gasteiger partial charge in [0.05, 0.1) is 19.9 Å². The lowest BCUT2D eigenvalue weighted by Crippen LogP contribution is -2.24. The topological polar surface area (TPSA) is 99.4 Å². The van der Waals surface area contributed by atoms with Crippen LogP contribution in [0.5, 0.6) is 11.5 Å². The molecule has 0 saturated carbocycles. The van der Waals surface area contributed by atoms with Crippen LogP contribution < -0.4 is 14.9 Å². The number of hydrogen-bond acceptors (Lipinski definition) is 7. The van der Waals surface area contributed by atoms with Crippen LogP contribution in [-0.2, 0) is 9.53 Å². The number of amides is 1. The van der Waals surface area contributed by atoms with Crippen molar-refractivity contribution in [2.24, 2.45) is 5.10 Å². The molecule has 0 aliphatic heterocycles. The number of nitrogens with zero attached hydrogens (tertiary/aromatic N) is 1. The number of nitrogens with one attached hydrogen (secondary N) is 1. The molecule has 156 valence electrons. The maximum Gasteiger partial charge on any atom is 0.342 e. The molecule has 8 heteroatoms. The van der Waals surface area contributed by atoms with E-state index in [4.69, 9.17) is 18.6 Å². The van der Waals surface area contributed by atoms with Gasteiger partial charge < -0.3 is 18.6 Å². The Morgan fingerprint density at radius 3 is 2.77 bits per heavy atom. The molecule has 1 amide bonds. The van der Waals surface area contributed by atoms with Crippen molar-refractivity contribution in [3.05, 3.63) is 59.4 Å². The van der Waals surface area contributed by atoms with Gasteiger partial charge in [-0.1, -0.05) is 12.1 Å². The second-order valence-corrected chi connectivity index (χ2v) is 6.24. The predicted molar refractivity (Wildman–Crippen MR) is 111 cm³/mol. The van der Waals surface area contributed by atoms with Crippen LogP contribution in [-0.4, -0.2) is 38.4 Å². The SMILES string of the molecule is CCOC(=O)c1c(C)oc2ccc(OCC(=O)NN=Cc3ccccc3OC)cc12. The highest BCUT2D eigenvalue weighted by atomic mass is 16.5. The van der Waals surface area contributed by atoms with Crippen molar-refractivity contribution in [3.63, 3.8) is 0 Å². The fourth-order valence-electron chi connectivity index (χ4n) is 2.87. The number of carbonyl (C=O) groups excluding carboxylic acids is 2. The molecule has 3 rings (SSSR count). The molecule has 0 saturated heterocycles. The molecule has 3 aromatic rings. The summed E-state index contributed by atoms with van der Waals surface area (Å²) in [6, 6.07) is 12.3. The average Bonchev–Trinajstić information content (AvgIpc) is 3.07. The third kappa shape index (κ3) is 4.78. The van der Waals surface area contributed by atoms with E-state index < -0.39 is 11.9 Å². The molecule has 30 heavy (non-hydrogen) atoms. The third-order valence-electron chi connectivity index (χ3n) is 4.22. The second-order valence-electron chi connectivity index (χ2n) is 6.24. The van der Waals surface area contributed by atoms with Crippen LogP contribution in [0.4, 0.5) is 0 Å². The summed E-state index contributed by atoms with van der Waals surface area (Å²) in [5, 5.41) is 4.48. The van der Waals surface area contributed by atoms with Crippen molar-refractivity contribution >= 4 is 29.1 Å². The van der Waals surface area contributed by atoms with Gasteiger partial charge in [-0.05, 0) is 44.2 Å². The van der Waals surface area contributed by atoms with E-state index in [9.17, 15) is 9.59 Å². The van der Waals surface area contributed by atoms with Gasteiger partial charge in [0, 0.05) is 10.9 Å². The van der Waals surface area contributed by atoms with E-state index in [1.165, 1.54) is 6.21 Å². The molecule has 8 nitrogen and oxygen atoms in total. The number of benzene rings is 2. The van der Waals surface area contributed by atoms with Crippen LogP contribution >= 0.6 is 0 Å². The Labute approximate surface area is 173 Å². The maximum absolute atomic E-state index is 12.2. The van der Waals surface area contributed by atoms with Crippen LogP contribution in [0.15, 0.2) is 52.0 Å². The van der Waals surface area contributed by atoms with Gasteiger partial charge in [-0.15, -0.1) is 0 Å². The molecule has 1 aromatic heterocycles. The Hall–Kier alpha value is -3.81. The standard InChI is InChI=1S/C22H22N2O6/c1-4-28-22(26)21-14(2)30-19-10-9-16(11-17(19)21)29-13-20(25)24-23-12-15-7-5-6-8-18(15)27-3/h5-12H,4,13H2,1-3H3,(H,24,25). The highest BCUT2D eigenvalue weighted by molar-refractivity contribution is 6.04. The van der Waals surface area contributed by atoms with Crippen molar-refractivity contribution in [1.29, 1.82) is 0 Å². The molecule has 0 aliphatic rings. The Balaban J connectivity index is 1.64. The van der Waals surface area contributed by atoms with Gasteiger partial charge in [0.1, 0.15) is 28.4 Å². The zero-order valence-corrected chi connectivity index (χ0v) is 16.9. The number of para-hydroxylation sites is 1. The fourth-order valence-corrected chi connectivity index (χ4v) is 2.87. The van der Waals surface area contributed by atoms with Crippen molar-refractivity contribution in [2.45, 2.75) is 13.8 Å². The molecule has 0 fully saturated rings. The third-order valence-corrected chi connectivity index (χ3v) is 4.22. The predicted octanol–water partition coefficient (Wildman–Crippen LogP) is 3.46. The lowest BCUT2D eigenvalue weighted by Gasteiger charge is -2.06. The number of carbonyl (C=O) groups is 2. The molecule has 1 heterocycles. The Morgan fingerprint density at radius 2 is 2.00 bits per heavy atom. The minimum atomic E-state index is -0.464. The summed E-state index contributed by atoms with van der Waals surface area (Å²) < 4.78 is 21.4. The zero-order chi connectivity index (χ0) is 21.5. The molecule has 2 aromatic carbocycles. The molecule has 0 unspecified atom stereocenters. The van der Waals surface area contributed by atoms with Crippen LogP contribution in [0.2, 0.25) is 0 Å². The molecular weight excluding hydrogens is 388 g/mol. The number of ether oxygens (including phenoxy) is 3. The quantitative estimate of drug-likeness (QED) is 0.347. The fraction of sp³-hybridized carbons (Fsp3) is 0.227. The van der Waals surface area contributed by atoms with E-state index in [-0.39, 0.29) is 13.2 Å². The molecule has 0 spiro atoms. The van der Waals surface area contributed by atoms with Gasteiger partial charge in [-0.25, -0.2) is 10.2 Å². The van der Waals surface area contributed by atoms with E-state index in [0.717, 1.165) is 5.56 Å². The molecular formula is C22H22N2O6. The van der Waals surface area contributed by atoms with Gasteiger partial charge in [-0.3, -0.25) is 4.79 Å². The molecule has 1 N–H and O–H groups in total. The first-order valence-electron chi connectivity index (χ1n) is 9.31. The van der Waals surface area contributed by atoms with Crippen molar-refractivity contribution < 1.29 is 28.2 Å². The molecule has 0 atom stereocenters. The first-order chi connectivity index (χ1) is 14.5. The molecule has 0 bridgehead atoms. The minimum Gasteiger partial charge on any atom is -0.496 e. The summed E-state index contributed by atoms with van der Waals surface area (Å²) in [7, 11) is 1.56. The van der Waals surface area contributed by atoms with E-state index >= 15 is 0 Å². The summed E-state index contributed by atoms with van der Waals surface area (Å²) in [6.07, 6.45) is 1.49. The first-order valence-corrected chi connectivity index (χ1v) is 9.31. The van der Waals surface area contributed by atoms with Crippen LogP contribution in [0.1, 0.15) is 28.6 Å². The monoisotopic (exact) mass is 410 g/mol. The normalized spacial score (nSPS) is 10.9. The Morgan fingerprint density at radius 1 is 1.20 bits per heavy atom. The van der Waals surface area contributed by atoms with Gasteiger partial charge in [0.2, 0.25) is 0 Å². The minimum absolute atomic E-state index is 0.250. The smallest absolute Gasteiger partial charge is 0.342 e. The largest absolute Gasteiger partial charge is 0.496 e. The van der Waals surface area contributed by atoms with Gasteiger partial charge in [0.15, 0.2) is 6.61 Å². The van der Waals surface area contributed by atoms with E-state index in [1.54, 1.807) is 45.2 Å². The Kier molecular flexibility index (Phi) is 6.69. The summed E-state index contributed by atoms with van der Waals surface area (Å²) >= 11 is 0. The number of rotatable bonds is 8. The first kappa shape index (κ1) is 20.9. The summed E-state index contributed by atoms with van der Waals surface area (Å²) in [5.74, 6) is 0.624. The van der Waals surface area contributed by atoms with E-state index in [2.05, 4.69) is 10.5 Å². The van der Waals surface area contributed by atoms with Crippen LogP contribution in [0.3, 0.4) is 0 Å². The lowest BCUT2D eigenvalue weighted by atomic mass is 10.1. The zero-order valence-electron chi connectivity index (χ0n) is 16.9. The summed E-state index contributed by atoms with van der Waals surface area (Å²) in [5.41, 5.74) is 4.01. The highest BCUT2D eigenvalue weighted by Gasteiger charge is 2.20. The van der Waals surface area contributed by atoms with Crippen LogP contribution in [0.25, 0.3) is 11.0 Å². The van der Waals surface area contributed by atoms with Crippen molar-refractivity contribution in [1.82, 2.24) is 5.43 Å². The maximum atomic E-state index is 12.2. The number of esters is 1. The molecule has 0 aliphatic carbocycles. The summed E-state index contributed by atoms with van der Waals surface area (Å²) in [4.78, 5) is 24.2. The number of aryl methyl sites for hydroxylation is 1. The Bertz CT molecular complexity index is 1090. The number of methoxy groups -OCH3 is 1. The van der Waals surface area contributed by atoms with Gasteiger partial charge in [-0.2, -0.15) is 5.10 Å².